The number of rotatable bonds is 4. The third-order valence-corrected chi connectivity index (χ3v) is 3.35. The summed E-state index contributed by atoms with van der Waals surface area (Å²) in [5.41, 5.74) is 1.88. The predicted octanol–water partition coefficient (Wildman–Crippen LogP) is 3.60. The molecule has 19 heavy (non-hydrogen) atoms. The maximum absolute atomic E-state index is 6.04. The Kier molecular flexibility index (Phi) is 4.58. The van der Waals surface area contributed by atoms with Gasteiger partial charge in [0.05, 0.1) is 5.02 Å². The fourth-order valence-electron chi connectivity index (χ4n) is 1.55. The fourth-order valence-corrected chi connectivity index (χ4v) is 1.88. The van der Waals surface area contributed by atoms with E-state index >= 15 is 0 Å². The number of aryl methyl sites for hydroxylation is 1. The molecule has 0 spiro atoms. The van der Waals surface area contributed by atoms with Crippen molar-refractivity contribution in [3.05, 3.63) is 45.7 Å². The Labute approximate surface area is 121 Å². The summed E-state index contributed by atoms with van der Waals surface area (Å²) in [4.78, 5) is 8.43. The van der Waals surface area contributed by atoms with Crippen molar-refractivity contribution in [3.63, 3.8) is 0 Å². The molecule has 4 nitrogen and oxygen atoms in total. The average Bonchev–Trinajstić information content (AvgIpc) is 2.38. The van der Waals surface area contributed by atoms with E-state index in [0.717, 1.165) is 11.3 Å². The van der Waals surface area contributed by atoms with E-state index in [1.165, 1.54) is 0 Å². The van der Waals surface area contributed by atoms with Gasteiger partial charge in [-0.05, 0) is 26.1 Å². The van der Waals surface area contributed by atoms with Crippen molar-refractivity contribution in [2.24, 2.45) is 0 Å². The number of benzene rings is 1. The first kappa shape index (κ1) is 14.1. The summed E-state index contributed by atoms with van der Waals surface area (Å²) in [6.45, 7) is 2.62. The standard InChI is InChI=1S/C13H13Cl2N3O/c1-8-9(6-16-2)7-17-13(18-8)19-11-5-3-4-10(14)12(11)15/h3-5,7,16H,6H2,1-2H3. The molecule has 1 N–H and O–H groups in total. The second-order valence-corrected chi connectivity index (χ2v) is 4.73. The van der Waals surface area contributed by atoms with E-state index in [0.29, 0.717) is 22.3 Å². The Balaban J connectivity index is 2.24. The zero-order valence-electron chi connectivity index (χ0n) is 10.6. The molecule has 2 rings (SSSR count). The van der Waals surface area contributed by atoms with Gasteiger partial charge in [0.15, 0.2) is 5.75 Å². The van der Waals surface area contributed by atoms with E-state index in [1.54, 1.807) is 24.4 Å². The summed E-state index contributed by atoms with van der Waals surface area (Å²) in [7, 11) is 1.87. The first-order chi connectivity index (χ1) is 9.11. The van der Waals surface area contributed by atoms with Crippen molar-refractivity contribution in [1.29, 1.82) is 0 Å². The van der Waals surface area contributed by atoms with Crippen molar-refractivity contribution >= 4 is 23.2 Å². The lowest BCUT2D eigenvalue weighted by atomic mass is 10.2. The highest BCUT2D eigenvalue weighted by atomic mass is 35.5. The number of aromatic nitrogens is 2. The molecule has 1 aromatic carbocycles. The minimum absolute atomic E-state index is 0.251. The molecule has 0 saturated heterocycles. The molecule has 2 aromatic rings. The summed E-state index contributed by atoms with van der Waals surface area (Å²) in [5.74, 6) is 0.440. The summed E-state index contributed by atoms with van der Waals surface area (Å²) < 4.78 is 5.54. The van der Waals surface area contributed by atoms with Crippen molar-refractivity contribution in [3.8, 4) is 11.8 Å². The van der Waals surface area contributed by atoms with Gasteiger partial charge in [-0.1, -0.05) is 29.3 Å². The van der Waals surface area contributed by atoms with E-state index in [1.807, 2.05) is 14.0 Å². The van der Waals surface area contributed by atoms with Crippen LogP contribution in [0, 0.1) is 6.92 Å². The first-order valence-corrected chi connectivity index (χ1v) is 6.46. The second-order valence-electron chi connectivity index (χ2n) is 3.95. The van der Waals surface area contributed by atoms with Crippen LogP contribution in [0.1, 0.15) is 11.3 Å². The smallest absolute Gasteiger partial charge is 0.322 e. The fraction of sp³-hybridized carbons (Fsp3) is 0.231. The lowest BCUT2D eigenvalue weighted by molar-refractivity contribution is 0.439. The maximum Gasteiger partial charge on any atom is 0.322 e. The molecule has 1 heterocycles. The van der Waals surface area contributed by atoms with Crippen LogP contribution in [-0.2, 0) is 6.54 Å². The molecule has 0 amide bonds. The van der Waals surface area contributed by atoms with Crippen molar-refractivity contribution in [1.82, 2.24) is 15.3 Å². The Morgan fingerprint density at radius 3 is 2.79 bits per heavy atom. The molecule has 6 heteroatoms. The molecule has 0 saturated carbocycles. The van der Waals surface area contributed by atoms with Gasteiger partial charge in [-0.3, -0.25) is 0 Å². The topological polar surface area (TPSA) is 47.0 Å². The zero-order chi connectivity index (χ0) is 13.8. The highest BCUT2D eigenvalue weighted by molar-refractivity contribution is 6.42. The number of nitrogens with zero attached hydrogens (tertiary/aromatic N) is 2. The molecule has 1 aromatic heterocycles. The average molecular weight is 298 g/mol. The SMILES string of the molecule is CNCc1cnc(Oc2cccc(Cl)c2Cl)nc1C. The normalized spacial score (nSPS) is 10.5. The van der Waals surface area contributed by atoms with Gasteiger partial charge in [-0.25, -0.2) is 4.98 Å². The van der Waals surface area contributed by atoms with Gasteiger partial charge in [0.1, 0.15) is 5.02 Å². The predicted molar refractivity (Wildman–Crippen MR) is 76.1 cm³/mol. The van der Waals surface area contributed by atoms with Gasteiger partial charge in [-0.15, -0.1) is 0 Å². The third kappa shape index (κ3) is 3.35. The monoisotopic (exact) mass is 297 g/mol. The molecule has 0 unspecified atom stereocenters. The van der Waals surface area contributed by atoms with Crippen LogP contribution in [0.4, 0.5) is 0 Å². The van der Waals surface area contributed by atoms with Crippen molar-refractivity contribution in [2.45, 2.75) is 13.5 Å². The third-order valence-electron chi connectivity index (χ3n) is 2.54. The van der Waals surface area contributed by atoms with Crippen LogP contribution in [0.5, 0.6) is 11.8 Å². The van der Waals surface area contributed by atoms with Crippen molar-refractivity contribution in [2.75, 3.05) is 7.05 Å². The molecule has 0 fully saturated rings. The minimum atomic E-state index is 0.251. The zero-order valence-corrected chi connectivity index (χ0v) is 12.1. The molecule has 0 bridgehead atoms. The van der Waals surface area contributed by atoms with Crippen LogP contribution in [0.3, 0.4) is 0 Å². The quantitative estimate of drug-likeness (QED) is 0.936. The van der Waals surface area contributed by atoms with Crippen LogP contribution in [-0.4, -0.2) is 17.0 Å². The van der Waals surface area contributed by atoms with Crippen LogP contribution in [0.15, 0.2) is 24.4 Å². The minimum Gasteiger partial charge on any atom is -0.423 e. The van der Waals surface area contributed by atoms with E-state index in [9.17, 15) is 0 Å². The van der Waals surface area contributed by atoms with Crippen molar-refractivity contribution < 1.29 is 4.74 Å². The molecular formula is C13H13Cl2N3O. The van der Waals surface area contributed by atoms with E-state index in [-0.39, 0.29) is 6.01 Å². The van der Waals surface area contributed by atoms with E-state index in [2.05, 4.69) is 15.3 Å². The molecule has 0 aliphatic heterocycles. The number of halogens is 2. The Hall–Kier alpha value is -1.36. The maximum atomic E-state index is 6.04. The number of nitrogens with one attached hydrogen (secondary N) is 1. The van der Waals surface area contributed by atoms with Gasteiger partial charge in [-0.2, -0.15) is 4.98 Å². The Morgan fingerprint density at radius 2 is 2.11 bits per heavy atom. The molecule has 100 valence electrons. The van der Waals surface area contributed by atoms with Gasteiger partial charge in [0.25, 0.3) is 0 Å². The molecule has 0 aliphatic carbocycles. The molecule has 0 atom stereocenters. The summed E-state index contributed by atoms with van der Waals surface area (Å²) in [6.07, 6.45) is 1.73. The lowest BCUT2D eigenvalue weighted by Crippen LogP contribution is -2.08. The molecule has 0 radical (unpaired) electrons. The number of hydrogen-bond acceptors (Lipinski definition) is 4. The van der Waals surface area contributed by atoms with Gasteiger partial charge >= 0.3 is 6.01 Å². The van der Waals surface area contributed by atoms with E-state index < -0.39 is 0 Å². The Bertz CT molecular complexity index is 590. The summed E-state index contributed by atoms with van der Waals surface area (Å²) >= 11 is 12.0. The number of hydrogen-bond donors (Lipinski definition) is 1. The number of ether oxygens (including phenoxy) is 1. The van der Waals surface area contributed by atoms with Gasteiger partial charge < -0.3 is 10.1 Å². The summed E-state index contributed by atoms with van der Waals surface area (Å²) in [5, 5.41) is 3.84. The highest BCUT2D eigenvalue weighted by Gasteiger charge is 2.09. The Morgan fingerprint density at radius 1 is 1.32 bits per heavy atom. The molecule has 0 aliphatic rings. The van der Waals surface area contributed by atoms with E-state index in [4.69, 9.17) is 27.9 Å². The van der Waals surface area contributed by atoms with Gasteiger partial charge in [0.2, 0.25) is 0 Å². The summed E-state index contributed by atoms with van der Waals surface area (Å²) in [6, 6.07) is 5.42. The second kappa shape index (κ2) is 6.19. The van der Waals surface area contributed by atoms with Gasteiger partial charge in [0, 0.05) is 24.0 Å². The largest absolute Gasteiger partial charge is 0.423 e. The van der Waals surface area contributed by atoms with Crippen LogP contribution in [0.25, 0.3) is 0 Å². The molecular weight excluding hydrogens is 285 g/mol. The van der Waals surface area contributed by atoms with Crippen LogP contribution >= 0.6 is 23.2 Å². The van der Waals surface area contributed by atoms with Crippen LogP contribution in [0.2, 0.25) is 10.0 Å². The lowest BCUT2D eigenvalue weighted by Gasteiger charge is -2.09. The highest BCUT2D eigenvalue weighted by Crippen LogP contribution is 2.33. The van der Waals surface area contributed by atoms with Crippen LogP contribution < -0.4 is 10.1 Å². The first-order valence-electron chi connectivity index (χ1n) is 5.71.